The van der Waals surface area contributed by atoms with E-state index in [9.17, 15) is 0 Å². The largest absolute Gasteiger partial charge is 0.482 e. The first kappa shape index (κ1) is 18.1. The Morgan fingerprint density at radius 2 is 2.06 bits per heavy atom. The lowest BCUT2D eigenvalue weighted by atomic mass is 10.0. The Kier molecular flexibility index (Phi) is 4.06. The molecule has 2 aromatic carbocycles. The number of benzene rings is 2. The quantitative estimate of drug-likeness (QED) is 0.407. The van der Waals surface area contributed by atoms with Gasteiger partial charge in [0, 0.05) is 36.0 Å². The van der Waals surface area contributed by atoms with Gasteiger partial charge in [0.25, 0.3) is 0 Å². The van der Waals surface area contributed by atoms with Crippen molar-refractivity contribution < 1.29 is 9.13 Å². The van der Waals surface area contributed by atoms with Crippen molar-refractivity contribution in [3.63, 3.8) is 0 Å². The van der Waals surface area contributed by atoms with Crippen LogP contribution in [0, 0.1) is 5.82 Å². The number of hydrogen-bond donors (Lipinski definition) is 1. The maximum atomic E-state index is 15.2. The first-order valence-electron chi connectivity index (χ1n) is 10.6. The van der Waals surface area contributed by atoms with Crippen LogP contribution in [0.2, 0.25) is 0 Å². The summed E-state index contributed by atoms with van der Waals surface area (Å²) in [5, 5.41) is 0.899. The van der Waals surface area contributed by atoms with Crippen LogP contribution in [0.5, 0.6) is 5.75 Å². The fourth-order valence-corrected chi connectivity index (χ4v) is 4.65. The van der Waals surface area contributed by atoms with E-state index in [-0.39, 0.29) is 11.9 Å². The lowest BCUT2D eigenvalue weighted by Crippen LogP contribution is -2.19. The fourth-order valence-electron chi connectivity index (χ4n) is 4.65. The monoisotopic (exact) mass is 412 g/mol. The zero-order valence-electron chi connectivity index (χ0n) is 17.1. The van der Waals surface area contributed by atoms with E-state index in [1.54, 1.807) is 6.20 Å². The number of fused-ring (bicyclic) bond motifs is 3. The van der Waals surface area contributed by atoms with Crippen LogP contribution >= 0.6 is 0 Å². The summed E-state index contributed by atoms with van der Waals surface area (Å²) in [5.74, 6) is 1.47. The van der Waals surface area contributed by atoms with Gasteiger partial charge in [-0.1, -0.05) is 18.2 Å². The number of aryl methyl sites for hydroxylation is 2. The molecule has 31 heavy (non-hydrogen) atoms. The van der Waals surface area contributed by atoms with Crippen molar-refractivity contribution in [2.45, 2.75) is 32.4 Å². The summed E-state index contributed by atoms with van der Waals surface area (Å²) < 4.78 is 23.7. The van der Waals surface area contributed by atoms with E-state index < -0.39 is 0 Å². The number of para-hydroxylation sites is 1. The van der Waals surface area contributed by atoms with Gasteiger partial charge < -0.3 is 14.3 Å². The average molecular weight is 412 g/mol. The normalized spacial score (nSPS) is 15.9. The molecule has 4 heterocycles. The third-order valence-electron chi connectivity index (χ3n) is 6.14. The Hall–Kier alpha value is -3.67. The molecule has 3 aromatic heterocycles. The molecule has 6 heteroatoms. The van der Waals surface area contributed by atoms with Gasteiger partial charge in [-0.15, -0.1) is 0 Å². The Bertz CT molecular complexity index is 1430. The van der Waals surface area contributed by atoms with Crippen LogP contribution in [0.1, 0.15) is 30.8 Å². The second-order valence-corrected chi connectivity index (χ2v) is 7.89. The van der Waals surface area contributed by atoms with E-state index >= 15 is 4.39 Å². The summed E-state index contributed by atoms with van der Waals surface area (Å²) in [5.41, 5.74) is 4.90. The van der Waals surface area contributed by atoms with E-state index in [0.717, 1.165) is 53.1 Å². The second kappa shape index (κ2) is 6.94. The molecule has 0 bridgehead atoms. The summed E-state index contributed by atoms with van der Waals surface area (Å²) in [4.78, 5) is 12.2. The Morgan fingerprint density at radius 3 is 2.97 bits per heavy atom. The molecule has 1 aliphatic heterocycles. The summed E-state index contributed by atoms with van der Waals surface area (Å²) >= 11 is 0. The SMILES string of the molecule is CCn1c(C2CCc3ccccc3O2)nc2cc(F)c(-c3ccnc4[nH]ccc34)cc21. The minimum atomic E-state index is -0.289. The third kappa shape index (κ3) is 2.82. The van der Waals surface area contributed by atoms with Gasteiger partial charge in [-0.2, -0.15) is 0 Å². The summed E-state index contributed by atoms with van der Waals surface area (Å²) in [7, 11) is 0. The van der Waals surface area contributed by atoms with E-state index in [2.05, 4.69) is 27.5 Å². The van der Waals surface area contributed by atoms with Gasteiger partial charge in [-0.25, -0.2) is 14.4 Å². The number of pyridine rings is 1. The van der Waals surface area contributed by atoms with Crippen LogP contribution in [0.15, 0.2) is 60.9 Å². The highest BCUT2D eigenvalue weighted by Gasteiger charge is 2.27. The molecule has 1 unspecified atom stereocenters. The van der Waals surface area contributed by atoms with E-state index in [1.807, 2.05) is 42.6 Å². The average Bonchev–Trinajstić information content (AvgIpc) is 3.42. The number of imidazole rings is 1. The van der Waals surface area contributed by atoms with E-state index in [4.69, 9.17) is 9.72 Å². The van der Waals surface area contributed by atoms with Crippen molar-refractivity contribution in [1.29, 1.82) is 0 Å². The topological polar surface area (TPSA) is 55.7 Å². The van der Waals surface area contributed by atoms with Crippen LogP contribution in [-0.2, 0) is 13.0 Å². The van der Waals surface area contributed by atoms with Crippen molar-refractivity contribution in [2.75, 3.05) is 0 Å². The molecule has 5 nitrogen and oxygen atoms in total. The zero-order chi connectivity index (χ0) is 20.9. The van der Waals surface area contributed by atoms with Gasteiger partial charge in [-0.3, -0.25) is 0 Å². The highest BCUT2D eigenvalue weighted by Crippen LogP contribution is 2.37. The van der Waals surface area contributed by atoms with Crippen LogP contribution < -0.4 is 4.74 Å². The number of halogens is 1. The lowest BCUT2D eigenvalue weighted by molar-refractivity contribution is 0.163. The standard InChI is InChI=1S/C25H21FN4O/c1-2-30-21-13-18(16-9-11-27-24-17(16)10-12-28-24)19(26)14-20(21)29-25(30)23-8-7-15-5-3-4-6-22(15)31-23/h3-6,9-14,23H,2,7-8H2,1H3,(H,27,28). The number of nitrogens with one attached hydrogen (secondary N) is 1. The zero-order valence-corrected chi connectivity index (χ0v) is 17.1. The molecule has 0 aliphatic carbocycles. The minimum absolute atomic E-state index is 0.147. The number of ether oxygens (including phenoxy) is 1. The van der Waals surface area contributed by atoms with Crippen molar-refractivity contribution in [3.8, 4) is 16.9 Å². The van der Waals surface area contributed by atoms with Crippen molar-refractivity contribution in [1.82, 2.24) is 19.5 Å². The predicted molar refractivity (Wildman–Crippen MR) is 119 cm³/mol. The molecule has 154 valence electrons. The molecule has 6 rings (SSSR count). The van der Waals surface area contributed by atoms with E-state index in [1.165, 1.54) is 11.6 Å². The second-order valence-electron chi connectivity index (χ2n) is 7.89. The van der Waals surface area contributed by atoms with Gasteiger partial charge in [0.15, 0.2) is 11.9 Å². The van der Waals surface area contributed by atoms with Gasteiger partial charge in [0.2, 0.25) is 0 Å². The number of aromatic nitrogens is 4. The number of H-pyrrole nitrogens is 1. The molecule has 1 atom stereocenters. The molecular weight excluding hydrogens is 391 g/mol. The van der Waals surface area contributed by atoms with Crippen LogP contribution in [0.4, 0.5) is 4.39 Å². The maximum absolute atomic E-state index is 15.2. The third-order valence-corrected chi connectivity index (χ3v) is 6.14. The molecule has 0 spiro atoms. The number of nitrogens with zero attached hydrogens (tertiary/aromatic N) is 3. The molecule has 0 fully saturated rings. The Morgan fingerprint density at radius 1 is 1.16 bits per heavy atom. The molecule has 0 radical (unpaired) electrons. The highest BCUT2D eigenvalue weighted by atomic mass is 19.1. The fraction of sp³-hybridized carbons (Fsp3) is 0.200. The van der Waals surface area contributed by atoms with Crippen LogP contribution in [0.25, 0.3) is 33.2 Å². The highest BCUT2D eigenvalue weighted by molar-refractivity contribution is 5.95. The molecular formula is C25H21FN4O. The summed E-state index contributed by atoms with van der Waals surface area (Å²) in [6.45, 7) is 2.82. The molecule has 5 aromatic rings. The summed E-state index contributed by atoms with van der Waals surface area (Å²) in [6.07, 6.45) is 5.17. The smallest absolute Gasteiger partial charge is 0.157 e. The van der Waals surface area contributed by atoms with E-state index in [0.29, 0.717) is 11.1 Å². The molecule has 1 N–H and O–H groups in total. The van der Waals surface area contributed by atoms with Crippen LogP contribution in [0.3, 0.4) is 0 Å². The van der Waals surface area contributed by atoms with Crippen LogP contribution in [-0.4, -0.2) is 19.5 Å². The predicted octanol–water partition coefficient (Wildman–Crippen LogP) is 5.80. The van der Waals surface area contributed by atoms with Gasteiger partial charge in [-0.05, 0) is 55.2 Å². The summed E-state index contributed by atoms with van der Waals surface area (Å²) in [6, 6.07) is 15.4. The molecule has 1 aliphatic rings. The van der Waals surface area contributed by atoms with Gasteiger partial charge >= 0.3 is 0 Å². The maximum Gasteiger partial charge on any atom is 0.157 e. The first-order valence-corrected chi connectivity index (χ1v) is 10.6. The number of hydrogen-bond acceptors (Lipinski definition) is 3. The van der Waals surface area contributed by atoms with Crippen molar-refractivity contribution in [2.24, 2.45) is 0 Å². The Balaban J connectivity index is 1.49. The lowest BCUT2D eigenvalue weighted by Gasteiger charge is -2.26. The Labute approximate surface area is 178 Å². The van der Waals surface area contributed by atoms with Gasteiger partial charge in [0.05, 0.1) is 11.0 Å². The minimum Gasteiger partial charge on any atom is -0.482 e. The number of aromatic amines is 1. The van der Waals surface area contributed by atoms with Crippen molar-refractivity contribution in [3.05, 3.63) is 78.1 Å². The first-order chi connectivity index (χ1) is 15.2. The number of rotatable bonds is 3. The molecule has 0 saturated heterocycles. The van der Waals surface area contributed by atoms with Crippen molar-refractivity contribution >= 4 is 22.1 Å². The van der Waals surface area contributed by atoms with Gasteiger partial charge in [0.1, 0.15) is 17.2 Å². The molecule has 0 amide bonds. The molecule has 0 saturated carbocycles.